The van der Waals surface area contributed by atoms with E-state index in [1.165, 1.54) is 29.1 Å². The fraction of sp³-hybridized carbons (Fsp3) is 0. The van der Waals surface area contributed by atoms with Crippen LogP contribution in [-0.4, -0.2) is 14.7 Å². The SMILES string of the molecule is [C-]#[N+]c1ccc([N+](=O)[O-])c(-n2cccn2)c1. The topological polar surface area (TPSA) is 65.3 Å². The molecule has 0 saturated carbocycles. The maximum absolute atomic E-state index is 10.8. The van der Waals surface area contributed by atoms with E-state index < -0.39 is 4.92 Å². The van der Waals surface area contributed by atoms with Gasteiger partial charge in [0.1, 0.15) is 5.69 Å². The zero-order valence-electron chi connectivity index (χ0n) is 8.07. The molecular weight excluding hydrogens is 208 g/mol. The van der Waals surface area contributed by atoms with E-state index in [0.29, 0.717) is 11.4 Å². The van der Waals surface area contributed by atoms with Gasteiger partial charge in [-0.1, -0.05) is 0 Å². The summed E-state index contributed by atoms with van der Waals surface area (Å²) in [6, 6.07) is 5.83. The van der Waals surface area contributed by atoms with Crippen LogP contribution in [0.5, 0.6) is 0 Å². The maximum Gasteiger partial charge on any atom is 0.292 e. The van der Waals surface area contributed by atoms with E-state index in [1.54, 1.807) is 12.3 Å². The van der Waals surface area contributed by atoms with E-state index in [9.17, 15) is 10.1 Å². The van der Waals surface area contributed by atoms with Crippen LogP contribution in [0.3, 0.4) is 0 Å². The Morgan fingerprint density at radius 3 is 2.88 bits per heavy atom. The van der Waals surface area contributed by atoms with E-state index in [1.807, 2.05) is 0 Å². The summed E-state index contributed by atoms with van der Waals surface area (Å²) in [5.41, 5.74) is 0.565. The van der Waals surface area contributed by atoms with Crippen LogP contribution in [0.15, 0.2) is 36.7 Å². The van der Waals surface area contributed by atoms with Crippen LogP contribution in [0, 0.1) is 16.7 Å². The molecule has 0 unspecified atom stereocenters. The Bertz CT molecular complexity index is 569. The Kier molecular flexibility index (Phi) is 2.36. The summed E-state index contributed by atoms with van der Waals surface area (Å²) >= 11 is 0. The largest absolute Gasteiger partial charge is 0.292 e. The second-order valence-electron chi connectivity index (χ2n) is 2.99. The molecule has 1 aromatic carbocycles. The number of rotatable bonds is 2. The number of benzene rings is 1. The van der Waals surface area contributed by atoms with Gasteiger partial charge in [-0.2, -0.15) is 5.10 Å². The number of nitrogens with zero attached hydrogens (tertiary/aromatic N) is 4. The van der Waals surface area contributed by atoms with Crippen molar-refractivity contribution in [3.63, 3.8) is 0 Å². The summed E-state index contributed by atoms with van der Waals surface area (Å²) in [7, 11) is 0. The third-order valence-corrected chi connectivity index (χ3v) is 2.04. The molecule has 0 spiro atoms. The number of hydrogen-bond donors (Lipinski definition) is 0. The Morgan fingerprint density at radius 1 is 1.50 bits per heavy atom. The highest BCUT2D eigenvalue weighted by Crippen LogP contribution is 2.27. The maximum atomic E-state index is 10.8. The Hall–Kier alpha value is -2.68. The minimum atomic E-state index is -0.495. The van der Waals surface area contributed by atoms with Crippen LogP contribution >= 0.6 is 0 Å². The Labute approximate surface area is 90.7 Å². The second kappa shape index (κ2) is 3.82. The Morgan fingerprint density at radius 2 is 2.31 bits per heavy atom. The lowest BCUT2D eigenvalue weighted by molar-refractivity contribution is -0.384. The van der Waals surface area contributed by atoms with Gasteiger partial charge in [0.2, 0.25) is 0 Å². The first-order valence-corrected chi connectivity index (χ1v) is 4.38. The summed E-state index contributed by atoms with van der Waals surface area (Å²) in [6.45, 7) is 6.87. The average molecular weight is 214 g/mol. The molecule has 0 fully saturated rings. The predicted octanol–water partition coefficient (Wildman–Crippen LogP) is 2.33. The molecule has 0 N–H and O–H groups in total. The first-order chi connectivity index (χ1) is 7.72. The summed E-state index contributed by atoms with van der Waals surface area (Å²) in [5, 5.41) is 14.7. The molecule has 2 rings (SSSR count). The van der Waals surface area contributed by atoms with Crippen molar-refractivity contribution in [1.82, 2.24) is 9.78 Å². The van der Waals surface area contributed by atoms with Gasteiger partial charge < -0.3 is 0 Å². The average Bonchev–Trinajstić information content (AvgIpc) is 2.81. The van der Waals surface area contributed by atoms with Crippen molar-refractivity contribution in [3.8, 4) is 5.69 Å². The minimum Gasteiger partial charge on any atom is -0.258 e. The first kappa shape index (κ1) is 9.86. The van der Waals surface area contributed by atoms with Crippen LogP contribution in [0.25, 0.3) is 10.5 Å². The quantitative estimate of drug-likeness (QED) is 0.437. The van der Waals surface area contributed by atoms with E-state index in [0.717, 1.165) is 0 Å². The van der Waals surface area contributed by atoms with Crippen LogP contribution in [0.4, 0.5) is 11.4 Å². The lowest BCUT2D eigenvalue weighted by Gasteiger charge is -2.02. The second-order valence-corrected chi connectivity index (χ2v) is 2.99. The highest BCUT2D eigenvalue weighted by Gasteiger charge is 2.15. The molecule has 1 heterocycles. The monoisotopic (exact) mass is 214 g/mol. The summed E-state index contributed by atoms with van der Waals surface area (Å²) in [4.78, 5) is 13.5. The number of aromatic nitrogens is 2. The fourth-order valence-electron chi connectivity index (χ4n) is 1.33. The smallest absolute Gasteiger partial charge is 0.258 e. The molecule has 0 aliphatic rings. The van der Waals surface area contributed by atoms with Gasteiger partial charge in [0, 0.05) is 18.5 Å². The minimum absolute atomic E-state index is 0.0731. The molecule has 78 valence electrons. The summed E-state index contributed by atoms with van der Waals surface area (Å²) in [6.07, 6.45) is 3.12. The number of nitro benzene ring substituents is 1. The highest BCUT2D eigenvalue weighted by atomic mass is 16.6. The van der Waals surface area contributed by atoms with Crippen LogP contribution in [-0.2, 0) is 0 Å². The molecule has 6 nitrogen and oxygen atoms in total. The van der Waals surface area contributed by atoms with Crippen molar-refractivity contribution in [2.24, 2.45) is 0 Å². The molecular formula is C10H6N4O2. The molecule has 0 aliphatic carbocycles. The van der Waals surface area contributed by atoms with E-state index in [4.69, 9.17) is 6.57 Å². The van der Waals surface area contributed by atoms with Crippen molar-refractivity contribution in [1.29, 1.82) is 0 Å². The van der Waals surface area contributed by atoms with Crippen molar-refractivity contribution >= 4 is 11.4 Å². The van der Waals surface area contributed by atoms with Gasteiger partial charge in [0.05, 0.1) is 11.5 Å². The molecule has 6 heteroatoms. The molecule has 0 saturated heterocycles. The van der Waals surface area contributed by atoms with E-state index in [2.05, 4.69) is 9.94 Å². The Balaban J connectivity index is 2.65. The van der Waals surface area contributed by atoms with Gasteiger partial charge >= 0.3 is 0 Å². The van der Waals surface area contributed by atoms with Gasteiger partial charge in [-0.15, -0.1) is 0 Å². The number of nitro groups is 1. The van der Waals surface area contributed by atoms with Gasteiger partial charge in [-0.3, -0.25) is 10.1 Å². The van der Waals surface area contributed by atoms with Crippen molar-refractivity contribution < 1.29 is 4.92 Å². The fourth-order valence-corrected chi connectivity index (χ4v) is 1.33. The standard InChI is InChI=1S/C10H6N4O2/c1-11-8-3-4-9(14(15)16)10(7-8)13-6-2-5-12-13/h2-7H. The summed E-state index contributed by atoms with van der Waals surface area (Å²) < 4.78 is 1.37. The van der Waals surface area contributed by atoms with E-state index >= 15 is 0 Å². The normalized spacial score (nSPS) is 9.69. The molecule has 0 aliphatic heterocycles. The zero-order valence-corrected chi connectivity index (χ0v) is 8.07. The molecule has 0 amide bonds. The zero-order chi connectivity index (χ0) is 11.5. The van der Waals surface area contributed by atoms with Gasteiger partial charge in [0.15, 0.2) is 5.69 Å². The van der Waals surface area contributed by atoms with Crippen LogP contribution < -0.4 is 0 Å². The number of hydrogen-bond acceptors (Lipinski definition) is 3. The third kappa shape index (κ3) is 1.62. The van der Waals surface area contributed by atoms with Crippen molar-refractivity contribution in [2.75, 3.05) is 0 Å². The van der Waals surface area contributed by atoms with Gasteiger partial charge in [-0.05, 0) is 18.2 Å². The molecule has 0 radical (unpaired) electrons. The molecule has 1 aromatic heterocycles. The van der Waals surface area contributed by atoms with E-state index in [-0.39, 0.29) is 5.69 Å². The molecule has 0 atom stereocenters. The van der Waals surface area contributed by atoms with Crippen LogP contribution in [0.1, 0.15) is 0 Å². The van der Waals surface area contributed by atoms with Crippen molar-refractivity contribution in [2.45, 2.75) is 0 Å². The summed E-state index contributed by atoms with van der Waals surface area (Å²) in [5.74, 6) is 0. The predicted molar refractivity (Wildman–Crippen MR) is 56.5 cm³/mol. The van der Waals surface area contributed by atoms with Crippen LogP contribution in [0.2, 0.25) is 0 Å². The highest BCUT2D eigenvalue weighted by molar-refractivity contribution is 5.61. The lowest BCUT2D eigenvalue weighted by atomic mass is 10.2. The molecule has 16 heavy (non-hydrogen) atoms. The van der Waals surface area contributed by atoms with Gasteiger partial charge in [-0.25, -0.2) is 9.53 Å². The molecule has 2 aromatic rings. The lowest BCUT2D eigenvalue weighted by Crippen LogP contribution is -1.99. The van der Waals surface area contributed by atoms with Crippen molar-refractivity contribution in [3.05, 3.63) is 58.2 Å². The molecule has 0 bridgehead atoms. The third-order valence-electron chi connectivity index (χ3n) is 2.04. The van der Waals surface area contributed by atoms with Gasteiger partial charge in [0.25, 0.3) is 5.69 Å². The first-order valence-electron chi connectivity index (χ1n) is 4.38.